The molecular weight excluding hydrogens is 322 g/mol. The number of hydrogen-bond donors (Lipinski definition) is 1. The average Bonchev–Trinajstić information content (AvgIpc) is 2.83. The van der Waals surface area contributed by atoms with E-state index in [1.807, 2.05) is 42.8 Å². The van der Waals surface area contributed by atoms with Crippen molar-refractivity contribution in [3.8, 4) is 0 Å². The second-order valence-electron chi connectivity index (χ2n) is 6.17. The Bertz CT molecular complexity index is 691. The molecule has 2 aromatic rings. The average molecular weight is 348 g/mol. The Morgan fingerprint density at radius 3 is 2.54 bits per heavy atom. The van der Waals surface area contributed by atoms with Crippen LogP contribution in [0.2, 0.25) is 5.02 Å². The number of nitrogens with zero attached hydrogens (tertiary/aromatic N) is 2. The zero-order valence-corrected chi connectivity index (χ0v) is 15.7. The maximum absolute atomic E-state index is 12.2. The minimum atomic E-state index is -0.0201. The zero-order chi connectivity index (χ0) is 17.7. The first kappa shape index (κ1) is 18.5. The number of halogens is 1. The molecule has 1 unspecified atom stereocenters. The molecule has 1 amide bonds. The van der Waals surface area contributed by atoms with E-state index in [1.54, 1.807) is 0 Å². The molecule has 0 fully saturated rings. The highest BCUT2D eigenvalue weighted by atomic mass is 35.5. The van der Waals surface area contributed by atoms with Crippen molar-refractivity contribution >= 4 is 17.5 Å². The highest BCUT2D eigenvalue weighted by Crippen LogP contribution is 2.21. The second-order valence-corrected chi connectivity index (χ2v) is 6.61. The summed E-state index contributed by atoms with van der Waals surface area (Å²) in [5, 5.41) is 8.36. The summed E-state index contributed by atoms with van der Waals surface area (Å²) in [5.41, 5.74) is 4.45. The third kappa shape index (κ3) is 4.60. The highest BCUT2D eigenvalue weighted by Gasteiger charge is 2.18. The van der Waals surface area contributed by atoms with Crippen molar-refractivity contribution < 1.29 is 4.79 Å². The van der Waals surface area contributed by atoms with Gasteiger partial charge in [-0.05, 0) is 58.2 Å². The smallest absolute Gasteiger partial charge is 0.220 e. The van der Waals surface area contributed by atoms with Crippen LogP contribution in [0.4, 0.5) is 0 Å². The number of amides is 1. The van der Waals surface area contributed by atoms with Gasteiger partial charge in [0, 0.05) is 29.2 Å². The van der Waals surface area contributed by atoms with Crippen LogP contribution < -0.4 is 5.32 Å². The SMILES string of the molecule is CCn1nc(C)c(C(C)NC(=O)CCCc2ccc(Cl)cc2)c1C. The van der Waals surface area contributed by atoms with Crippen LogP contribution in [0.5, 0.6) is 0 Å². The monoisotopic (exact) mass is 347 g/mol. The van der Waals surface area contributed by atoms with E-state index in [1.165, 1.54) is 5.56 Å². The second kappa shape index (κ2) is 8.34. The fourth-order valence-electron chi connectivity index (χ4n) is 3.14. The van der Waals surface area contributed by atoms with Gasteiger partial charge in [0.2, 0.25) is 5.91 Å². The first-order chi connectivity index (χ1) is 11.4. The minimum Gasteiger partial charge on any atom is -0.349 e. The third-order valence-electron chi connectivity index (χ3n) is 4.33. The molecule has 1 aromatic carbocycles. The Labute approximate surface area is 149 Å². The van der Waals surface area contributed by atoms with Crippen molar-refractivity contribution in [2.24, 2.45) is 0 Å². The third-order valence-corrected chi connectivity index (χ3v) is 4.58. The zero-order valence-electron chi connectivity index (χ0n) is 14.9. The molecule has 24 heavy (non-hydrogen) atoms. The molecule has 1 atom stereocenters. The first-order valence-corrected chi connectivity index (χ1v) is 8.87. The van der Waals surface area contributed by atoms with Crippen LogP contribution in [0.15, 0.2) is 24.3 Å². The first-order valence-electron chi connectivity index (χ1n) is 8.50. The van der Waals surface area contributed by atoms with E-state index in [0.29, 0.717) is 6.42 Å². The molecular formula is C19H26ClN3O. The van der Waals surface area contributed by atoms with Crippen LogP contribution in [-0.2, 0) is 17.8 Å². The van der Waals surface area contributed by atoms with Crippen molar-refractivity contribution in [1.29, 1.82) is 0 Å². The standard InChI is InChI=1S/C19H26ClN3O/c1-5-23-15(4)19(14(3)22-23)13(2)21-18(24)8-6-7-16-9-11-17(20)12-10-16/h9-13H,5-8H2,1-4H3,(H,21,24). The van der Waals surface area contributed by atoms with Gasteiger partial charge in [0.05, 0.1) is 11.7 Å². The molecule has 130 valence electrons. The maximum atomic E-state index is 12.2. The maximum Gasteiger partial charge on any atom is 0.220 e. The number of hydrogen-bond acceptors (Lipinski definition) is 2. The van der Waals surface area contributed by atoms with Crippen molar-refractivity contribution in [2.45, 2.75) is 59.5 Å². The van der Waals surface area contributed by atoms with Gasteiger partial charge in [-0.3, -0.25) is 9.48 Å². The Morgan fingerprint density at radius 1 is 1.29 bits per heavy atom. The number of rotatable bonds is 7. The summed E-state index contributed by atoms with van der Waals surface area (Å²) in [5.74, 6) is 0.0829. The Kier molecular flexibility index (Phi) is 6.44. The van der Waals surface area contributed by atoms with Gasteiger partial charge in [-0.25, -0.2) is 0 Å². The summed E-state index contributed by atoms with van der Waals surface area (Å²) in [7, 11) is 0. The van der Waals surface area contributed by atoms with E-state index < -0.39 is 0 Å². The van der Waals surface area contributed by atoms with Crippen molar-refractivity contribution in [2.75, 3.05) is 0 Å². The van der Waals surface area contributed by atoms with Crippen LogP contribution in [-0.4, -0.2) is 15.7 Å². The lowest BCUT2D eigenvalue weighted by Crippen LogP contribution is -2.27. The largest absolute Gasteiger partial charge is 0.349 e. The quantitative estimate of drug-likeness (QED) is 0.808. The van der Waals surface area contributed by atoms with Gasteiger partial charge in [-0.1, -0.05) is 23.7 Å². The van der Waals surface area contributed by atoms with Crippen LogP contribution in [0, 0.1) is 13.8 Å². The fourth-order valence-corrected chi connectivity index (χ4v) is 3.26. The number of carbonyl (C=O) groups excluding carboxylic acids is 1. The molecule has 0 radical (unpaired) electrons. The molecule has 2 rings (SSSR count). The van der Waals surface area contributed by atoms with Crippen LogP contribution in [0.1, 0.15) is 55.2 Å². The van der Waals surface area contributed by atoms with Crippen LogP contribution in [0.3, 0.4) is 0 Å². The van der Waals surface area contributed by atoms with Gasteiger partial charge in [0.25, 0.3) is 0 Å². The molecule has 0 aliphatic rings. The van der Waals surface area contributed by atoms with Gasteiger partial charge in [-0.15, -0.1) is 0 Å². The van der Waals surface area contributed by atoms with Crippen molar-refractivity contribution in [3.05, 3.63) is 51.8 Å². The lowest BCUT2D eigenvalue weighted by Gasteiger charge is -2.15. The number of aromatic nitrogens is 2. The Balaban J connectivity index is 1.85. The van der Waals surface area contributed by atoms with Gasteiger partial charge in [-0.2, -0.15) is 5.10 Å². The summed E-state index contributed by atoms with van der Waals surface area (Å²) >= 11 is 5.88. The molecule has 5 heteroatoms. The van der Waals surface area contributed by atoms with E-state index in [2.05, 4.69) is 24.3 Å². The van der Waals surface area contributed by atoms with Crippen LogP contribution in [0.25, 0.3) is 0 Å². The Hall–Kier alpha value is -1.81. The predicted molar refractivity (Wildman–Crippen MR) is 98.3 cm³/mol. The summed E-state index contributed by atoms with van der Waals surface area (Å²) in [6.07, 6.45) is 2.23. The topological polar surface area (TPSA) is 46.9 Å². The molecule has 0 saturated heterocycles. The molecule has 0 saturated carbocycles. The van der Waals surface area contributed by atoms with E-state index in [-0.39, 0.29) is 11.9 Å². The van der Waals surface area contributed by atoms with Gasteiger partial charge in [0.15, 0.2) is 0 Å². The highest BCUT2D eigenvalue weighted by molar-refractivity contribution is 6.30. The minimum absolute atomic E-state index is 0.0201. The molecule has 0 bridgehead atoms. The lowest BCUT2D eigenvalue weighted by molar-refractivity contribution is -0.121. The summed E-state index contributed by atoms with van der Waals surface area (Å²) in [4.78, 5) is 12.2. The van der Waals surface area contributed by atoms with Gasteiger partial charge >= 0.3 is 0 Å². The van der Waals surface area contributed by atoms with Gasteiger partial charge in [0.1, 0.15) is 0 Å². The summed E-state index contributed by atoms with van der Waals surface area (Å²) < 4.78 is 1.98. The molecule has 0 aliphatic carbocycles. The summed E-state index contributed by atoms with van der Waals surface area (Å²) in [6, 6.07) is 7.77. The predicted octanol–water partition coefficient (Wildman–Crippen LogP) is 4.37. The number of aryl methyl sites for hydroxylation is 3. The van der Waals surface area contributed by atoms with E-state index >= 15 is 0 Å². The molecule has 1 aromatic heterocycles. The molecule has 1 N–H and O–H groups in total. The fraction of sp³-hybridized carbons (Fsp3) is 0.474. The molecule has 4 nitrogen and oxygen atoms in total. The molecule has 0 aliphatic heterocycles. The van der Waals surface area contributed by atoms with Crippen LogP contribution >= 0.6 is 11.6 Å². The van der Waals surface area contributed by atoms with E-state index in [4.69, 9.17) is 11.6 Å². The molecule has 0 spiro atoms. The van der Waals surface area contributed by atoms with E-state index in [0.717, 1.165) is 41.4 Å². The molecule has 1 heterocycles. The lowest BCUT2D eigenvalue weighted by atomic mass is 10.1. The normalized spacial score (nSPS) is 12.2. The number of carbonyl (C=O) groups is 1. The van der Waals surface area contributed by atoms with Crippen molar-refractivity contribution in [1.82, 2.24) is 15.1 Å². The summed E-state index contributed by atoms with van der Waals surface area (Å²) in [6.45, 7) is 8.99. The number of nitrogens with one attached hydrogen (secondary N) is 1. The van der Waals surface area contributed by atoms with E-state index in [9.17, 15) is 4.79 Å². The van der Waals surface area contributed by atoms with Crippen molar-refractivity contribution in [3.63, 3.8) is 0 Å². The Morgan fingerprint density at radius 2 is 1.96 bits per heavy atom. The van der Waals surface area contributed by atoms with Gasteiger partial charge < -0.3 is 5.32 Å². The number of benzene rings is 1.